The summed E-state index contributed by atoms with van der Waals surface area (Å²) in [7, 11) is 0. The highest BCUT2D eigenvalue weighted by Gasteiger charge is 2.40. The van der Waals surface area contributed by atoms with E-state index in [2.05, 4.69) is 0 Å². The van der Waals surface area contributed by atoms with Gasteiger partial charge in [-0.3, -0.25) is 4.79 Å². The van der Waals surface area contributed by atoms with E-state index in [1.807, 2.05) is 0 Å². The fourth-order valence-corrected chi connectivity index (χ4v) is 1.38. The van der Waals surface area contributed by atoms with Gasteiger partial charge in [-0.1, -0.05) is 0 Å². The SMILES string of the molecule is O=C(O)C1CCCC2=C1O2. The number of hydrogen-bond donors (Lipinski definition) is 1. The quantitative estimate of drug-likeness (QED) is 0.593. The molecule has 54 valence electrons. The summed E-state index contributed by atoms with van der Waals surface area (Å²) in [4.78, 5) is 10.5. The summed E-state index contributed by atoms with van der Waals surface area (Å²) in [6.45, 7) is 0. The Balaban J connectivity index is 2.16. The van der Waals surface area contributed by atoms with Crippen molar-refractivity contribution in [2.45, 2.75) is 19.3 Å². The van der Waals surface area contributed by atoms with Gasteiger partial charge in [0.2, 0.25) is 0 Å². The molecule has 0 aromatic rings. The van der Waals surface area contributed by atoms with Gasteiger partial charge < -0.3 is 9.84 Å². The second kappa shape index (κ2) is 1.75. The first-order valence-electron chi connectivity index (χ1n) is 3.43. The third-order valence-corrected chi connectivity index (χ3v) is 1.98. The lowest BCUT2D eigenvalue weighted by atomic mass is 9.96. The van der Waals surface area contributed by atoms with E-state index in [9.17, 15) is 4.79 Å². The highest BCUT2D eigenvalue weighted by atomic mass is 16.6. The van der Waals surface area contributed by atoms with Gasteiger partial charge in [0.15, 0.2) is 5.76 Å². The maximum Gasteiger partial charge on any atom is 0.314 e. The van der Waals surface area contributed by atoms with Crippen molar-refractivity contribution >= 4 is 5.97 Å². The number of ether oxygens (including phenoxy) is 1. The van der Waals surface area contributed by atoms with Crippen molar-refractivity contribution in [3.8, 4) is 0 Å². The number of rotatable bonds is 1. The smallest absolute Gasteiger partial charge is 0.314 e. The summed E-state index contributed by atoms with van der Waals surface area (Å²) >= 11 is 0. The molecule has 0 saturated heterocycles. The molecule has 1 heterocycles. The van der Waals surface area contributed by atoms with Crippen LogP contribution in [0.3, 0.4) is 0 Å². The predicted octanol–water partition coefficient (Wildman–Crippen LogP) is 1.11. The summed E-state index contributed by atoms with van der Waals surface area (Å²) in [6, 6.07) is 0. The molecule has 0 spiro atoms. The van der Waals surface area contributed by atoms with E-state index in [-0.39, 0.29) is 5.92 Å². The van der Waals surface area contributed by atoms with Crippen LogP contribution >= 0.6 is 0 Å². The average Bonchev–Trinajstić information content (AvgIpc) is 2.63. The molecule has 0 saturated carbocycles. The minimum absolute atomic E-state index is 0.330. The lowest BCUT2D eigenvalue weighted by molar-refractivity contribution is -0.140. The summed E-state index contributed by atoms with van der Waals surface area (Å²) in [6.07, 6.45) is 2.64. The van der Waals surface area contributed by atoms with Crippen LogP contribution in [0.5, 0.6) is 0 Å². The number of carbonyl (C=O) groups is 1. The standard InChI is InChI=1S/C7H8O3/c8-7(9)4-2-1-3-5-6(4)10-5/h4H,1-3H2,(H,8,9). The molecular weight excluding hydrogens is 132 g/mol. The molecule has 1 aliphatic heterocycles. The molecule has 0 radical (unpaired) electrons. The Bertz CT molecular complexity index is 217. The van der Waals surface area contributed by atoms with Gasteiger partial charge in [-0.2, -0.15) is 0 Å². The van der Waals surface area contributed by atoms with Gasteiger partial charge in [0.05, 0.1) is 0 Å². The Labute approximate surface area is 58.3 Å². The number of carboxylic acids is 1. The zero-order valence-corrected chi connectivity index (χ0v) is 5.46. The molecule has 1 aliphatic carbocycles. The zero-order chi connectivity index (χ0) is 7.14. The Kier molecular flexibility index (Phi) is 1.01. The van der Waals surface area contributed by atoms with E-state index in [0.29, 0.717) is 0 Å². The Hall–Kier alpha value is -0.990. The monoisotopic (exact) mass is 140 g/mol. The lowest BCUT2D eigenvalue weighted by Crippen LogP contribution is -2.13. The van der Waals surface area contributed by atoms with E-state index < -0.39 is 5.97 Å². The van der Waals surface area contributed by atoms with Crippen molar-refractivity contribution in [3.05, 3.63) is 11.5 Å². The van der Waals surface area contributed by atoms with E-state index in [1.165, 1.54) is 0 Å². The minimum atomic E-state index is -0.746. The molecule has 0 bridgehead atoms. The normalized spacial score (nSPS) is 29.0. The van der Waals surface area contributed by atoms with Crippen LogP contribution in [0.15, 0.2) is 11.5 Å². The molecule has 3 nitrogen and oxygen atoms in total. The molecule has 1 N–H and O–H groups in total. The van der Waals surface area contributed by atoms with Crippen LogP contribution in [0.2, 0.25) is 0 Å². The highest BCUT2D eigenvalue weighted by molar-refractivity contribution is 5.74. The molecule has 0 fully saturated rings. The molecule has 1 atom stereocenters. The van der Waals surface area contributed by atoms with Crippen LogP contribution in [-0.4, -0.2) is 11.1 Å². The second-order valence-corrected chi connectivity index (χ2v) is 2.67. The Morgan fingerprint density at radius 1 is 1.70 bits per heavy atom. The summed E-state index contributed by atoms with van der Waals surface area (Å²) < 4.78 is 5.00. The van der Waals surface area contributed by atoms with Crippen LogP contribution in [-0.2, 0) is 9.53 Å². The number of hydrogen-bond acceptors (Lipinski definition) is 2. The Morgan fingerprint density at radius 3 is 3.10 bits per heavy atom. The van der Waals surface area contributed by atoms with E-state index in [4.69, 9.17) is 9.84 Å². The van der Waals surface area contributed by atoms with Crippen LogP contribution in [0.4, 0.5) is 0 Å². The van der Waals surface area contributed by atoms with Crippen LogP contribution in [0.1, 0.15) is 19.3 Å². The maximum atomic E-state index is 10.5. The third-order valence-electron chi connectivity index (χ3n) is 1.98. The number of allylic oxidation sites excluding steroid dienone is 1. The Morgan fingerprint density at radius 2 is 2.50 bits per heavy atom. The van der Waals surface area contributed by atoms with Crippen molar-refractivity contribution < 1.29 is 14.6 Å². The first kappa shape index (κ1) is 5.77. The molecule has 10 heavy (non-hydrogen) atoms. The molecular formula is C7H8O3. The van der Waals surface area contributed by atoms with Crippen molar-refractivity contribution in [1.82, 2.24) is 0 Å². The summed E-state index contributed by atoms with van der Waals surface area (Å²) in [5.41, 5.74) is 0. The van der Waals surface area contributed by atoms with Gasteiger partial charge in [-0.05, 0) is 12.8 Å². The van der Waals surface area contributed by atoms with E-state index in [1.54, 1.807) is 0 Å². The first-order valence-corrected chi connectivity index (χ1v) is 3.43. The molecule has 0 aromatic carbocycles. The largest absolute Gasteiger partial charge is 0.481 e. The van der Waals surface area contributed by atoms with Gasteiger partial charge in [0, 0.05) is 6.42 Å². The molecule has 1 unspecified atom stereocenters. The predicted molar refractivity (Wildman–Crippen MR) is 33.1 cm³/mol. The second-order valence-electron chi connectivity index (χ2n) is 2.67. The fourth-order valence-electron chi connectivity index (χ4n) is 1.38. The first-order chi connectivity index (χ1) is 4.79. The maximum absolute atomic E-state index is 10.5. The average molecular weight is 140 g/mol. The van der Waals surface area contributed by atoms with Crippen molar-refractivity contribution in [2.75, 3.05) is 0 Å². The van der Waals surface area contributed by atoms with Crippen molar-refractivity contribution in [3.63, 3.8) is 0 Å². The van der Waals surface area contributed by atoms with E-state index in [0.717, 1.165) is 30.8 Å². The van der Waals surface area contributed by atoms with Crippen LogP contribution < -0.4 is 0 Å². The van der Waals surface area contributed by atoms with Gasteiger partial charge in [-0.15, -0.1) is 0 Å². The van der Waals surface area contributed by atoms with E-state index >= 15 is 0 Å². The van der Waals surface area contributed by atoms with Gasteiger partial charge in [0.25, 0.3) is 0 Å². The highest BCUT2D eigenvalue weighted by Crippen LogP contribution is 2.43. The van der Waals surface area contributed by atoms with Gasteiger partial charge in [0.1, 0.15) is 11.7 Å². The molecule has 0 amide bonds. The van der Waals surface area contributed by atoms with Gasteiger partial charge in [-0.25, -0.2) is 0 Å². The van der Waals surface area contributed by atoms with Crippen molar-refractivity contribution in [2.24, 2.45) is 5.92 Å². The van der Waals surface area contributed by atoms with Crippen LogP contribution in [0, 0.1) is 5.92 Å². The molecule has 0 aromatic heterocycles. The molecule has 2 aliphatic rings. The molecule has 3 heteroatoms. The van der Waals surface area contributed by atoms with Crippen LogP contribution in [0.25, 0.3) is 0 Å². The third kappa shape index (κ3) is 0.701. The van der Waals surface area contributed by atoms with Crippen molar-refractivity contribution in [1.29, 1.82) is 0 Å². The summed E-state index contributed by atoms with van der Waals surface area (Å²) in [5.74, 6) is 0.589. The zero-order valence-electron chi connectivity index (χ0n) is 5.46. The fraction of sp³-hybridized carbons (Fsp3) is 0.571. The minimum Gasteiger partial charge on any atom is -0.481 e. The van der Waals surface area contributed by atoms with Gasteiger partial charge >= 0.3 is 5.97 Å². The number of carboxylic acid groups (broad SMARTS) is 1. The topological polar surface area (TPSA) is 49.8 Å². The summed E-state index contributed by atoms with van der Waals surface area (Å²) in [5, 5.41) is 8.62. The molecule has 2 rings (SSSR count). The number of aliphatic carboxylic acids is 1. The lowest BCUT2D eigenvalue weighted by Gasteiger charge is -2.05.